The first-order valence-electron chi connectivity index (χ1n) is 8.61. The number of halogens is 1. The molecule has 1 fully saturated rings. The molecule has 1 aliphatic heterocycles. The molecule has 0 bridgehead atoms. The van der Waals surface area contributed by atoms with Gasteiger partial charge >= 0.3 is 0 Å². The maximum Gasteiger partial charge on any atom is 0.300 e. The summed E-state index contributed by atoms with van der Waals surface area (Å²) in [6.45, 7) is 0. The number of aliphatic hydroxyl groups excluding tert-OH is 1. The molecule has 2 heterocycles. The Bertz CT molecular complexity index is 1060. The molecular formula is C22H15FN2O3. The fourth-order valence-corrected chi connectivity index (χ4v) is 3.27. The minimum atomic E-state index is -0.924. The molecule has 0 saturated carbocycles. The Hall–Kier alpha value is -3.80. The van der Waals surface area contributed by atoms with E-state index in [1.165, 1.54) is 29.2 Å². The van der Waals surface area contributed by atoms with Crippen LogP contribution in [0.2, 0.25) is 0 Å². The molecule has 6 heteroatoms. The fourth-order valence-electron chi connectivity index (χ4n) is 3.27. The number of anilines is 1. The second-order valence-electron chi connectivity index (χ2n) is 6.27. The predicted molar refractivity (Wildman–Crippen MR) is 102 cm³/mol. The molecule has 1 saturated heterocycles. The Kier molecular flexibility index (Phi) is 4.45. The molecule has 1 unspecified atom stereocenters. The molecule has 28 heavy (non-hydrogen) atoms. The van der Waals surface area contributed by atoms with Crippen molar-refractivity contribution in [1.82, 2.24) is 4.98 Å². The van der Waals surface area contributed by atoms with Gasteiger partial charge in [0.15, 0.2) is 0 Å². The number of rotatable bonds is 3. The summed E-state index contributed by atoms with van der Waals surface area (Å²) < 4.78 is 13.4. The van der Waals surface area contributed by atoms with E-state index in [9.17, 15) is 19.1 Å². The molecule has 0 radical (unpaired) electrons. The summed E-state index contributed by atoms with van der Waals surface area (Å²) in [4.78, 5) is 31.2. The molecule has 1 aromatic heterocycles. The van der Waals surface area contributed by atoms with Gasteiger partial charge in [0.1, 0.15) is 17.6 Å². The van der Waals surface area contributed by atoms with Gasteiger partial charge in [-0.1, -0.05) is 36.4 Å². The minimum Gasteiger partial charge on any atom is -0.507 e. The van der Waals surface area contributed by atoms with Gasteiger partial charge in [0.25, 0.3) is 11.7 Å². The van der Waals surface area contributed by atoms with Gasteiger partial charge in [0.2, 0.25) is 0 Å². The number of benzene rings is 2. The average molecular weight is 374 g/mol. The maximum atomic E-state index is 13.4. The van der Waals surface area contributed by atoms with Crippen LogP contribution >= 0.6 is 0 Å². The number of aromatic nitrogens is 1. The van der Waals surface area contributed by atoms with E-state index in [2.05, 4.69) is 4.98 Å². The lowest BCUT2D eigenvalue weighted by molar-refractivity contribution is -0.132. The third-order valence-corrected chi connectivity index (χ3v) is 4.56. The zero-order valence-electron chi connectivity index (χ0n) is 14.6. The Morgan fingerprint density at radius 2 is 1.61 bits per heavy atom. The van der Waals surface area contributed by atoms with Gasteiger partial charge < -0.3 is 5.11 Å². The molecule has 1 amide bonds. The van der Waals surface area contributed by atoms with E-state index < -0.39 is 23.5 Å². The smallest absolute Gasteiger partial charge is 0.300 e. The molecule has 4 rings (SSSR count). The topological polar surface area (TPSA) is 70.5 Å². The number of carbonyl (C=O) groups is 2. The molecule has 5 nitrogen and oxygen atoms in total. The van der Waals surface area contributed by atoms with Crippen molar-refractivity contribution in [2.45, 2.75) is 6.04 Å². The summed E-state index contributed by atoms with van der Waals surface area (Å²) in [5.41, 5.74) is 1.12. The number of pyridine rings is 1. The highest BCUT2D eigenvalue weighted by atomic mass is 19.1. The molecule has 2 aromatic carbocycles. The minimum absolute atomic E-state index is 0.0563. The number of ketones is 1. The van der Waals surface area contributed by atoms with E-state index in [0.717, 1.165) is 0 Å². The van der Waals surface area contributed by atoms with Gasteiger partial charge in [-0.15, -0.1) is 0 Å². The second-order valence-corrected chi connectivity index (χ2v) is 6.27. The second kappa shape index (κ2) is 7.08. The summed E-state index contributed by atoms with van der Waals surface area (Å²) in [6.07, 6.45) is 1.54. The van der Waals surface area contributed by atoms with Crippen LogP contribution in [0.3, 0.4) is 0 Å². The molecule has 1 N–H and O–H groups in total. The molecule has 1 aliphatic rings. The van der Waals surface area contributed by atoms with Crippen LogP contribution in [-0.4, -0.2) is 21.8 Å². The van der Waals surface area contributed by atoms with Crippen molar-refractivity contribution in [1.29, 1.82) is 0 Å². The van der Waals surface area contributed by atoms with E-state index in [-0.39, 0.29) is 11.3 Å². The van der Waals surface area contributed by atoms with Crippen molar-refractivity contribution in [3.8, 4) is 0 Å². The standard InChI is InChI=1S/C22H15FN2O3/c23-15-9-11-16(12-10-15)25-19(17-8-4-5-13-24-17)18(21(27)22(25)28)20(26)14-6-2-1-3-7-14/h1-13,19,26H/b20-18-. The first kappa shape index (κ1) is 17.6. The number of Topliss-reactive ketones (excluding diaryl/α,β-unsaturated/α-hetero) is 1. The lowest BCUT2D eigenvalue weighted by Crippen LogP contribution is -2.29. The van der Waals surface area contributed by atoms with Gasteiger partial charge in [-0.2, -0.15) is 0 Å². The van der Waals surface area contributed by atoms with Crippen LogP contribution in [0.5, 0.6) is 0 Å². The van der Waals surface area contributed by atoms with Crippen LogP contribution in [-0.2, 0) is 9.59 Å². The van der Waals surface area contributed by atoms with E-state index in [1.807, 2.05) is 0 Å². The maximum absolute atomic E-state index is 13.4. The number of hydrogen-bond donors (Lipinski definition) is 1. The fraction of sp³-hybridized carbons (Fsp3) is 0.0455. The highest BCUT2D eigenvalue weighted by Gasteiger charge is 2.47. The van der Waals surface area contributed by atoms with Crippen molar-refractivity contribution in [2.24, 2.45) is 0 Å². The van der Waals surface area contributed by atoms with Gasteiger partial charge in [-0.3, -0.25) is 19.5 Å². The molecular weight excluding hydrogens is 359 g/mol. The number of nitrogens with zero attached hydrogens (tertiary/aromatic N) is 2. The molecule has 1 atom stereocenters. The Labute approximate surface area is 160 Å². The quantitative estimate of drug-likeness (QED) is 0.430. The summed E-state index contributed by atoms with van der Waals surface area (Å²) in [5.74, 6) is -2.36. The summed E-state index contributed by atoms with van der Waals surface area (Å²) in [5, 5.41) is 10.8. The number of hydrogen-bond acceptors (Lipinski definition) is 4. The summed E-state index contributed by atoms with van der Waals surface area (Å²) in [7, 11) is 0. The van der Waals surface area contributed by atoms with Crippen molar-refractivity contribution in [2.75, 3.05) is 4.90 Å². The van der Waals surface area contributed by atoms with Crippen LogP contribution in [0.4, 0.5) is 10.1 Å². The van der Waals surface area contributed by atoms with E-state index >= 15 is 0 Å². The SMILES string of the molecule is O=C1C(=O)N(c2ccc(F)cc2)C(c2ccccn2)/C1=C(/O)c1ccccc1. The highest BCUT2D eigenvalue weighted by molar-refractivity contribution is 6.51. The van der Waals surface area contributed by atoms with Crippen LogP contribution in [0.1, 0.15) is 17.3 Å². The van der Waals surface area contributed by atoms with Gasteiger partial charge in [0.05, 0.1) is 11.3 Å². The number of carbonyl (C=O) groups excluding carboxylic acids is 2. The molecule has 3 aromatic rings. The Morgan fingerprint density at radius 3 is 2.25 bits per heavy atom. The van der Waals surface area contributed by atoms with E-state index in [4.69, 9.17) is 0 Å². The first-order valence-corrected chi connectivity index (χ1v) is 8.61. The average Bonchev–Trinajstić information content (AvgIpc) is 3.00. The van der Waals surface area contributed by atoms with Crippen LogP contribution in [0, 0.1) is 5.82 Å². The molecule has 0 aliphatic carbocycles. The van der Waals surface area contributed by atoms with Crippen LogP contribution in [0.25, 0.3) is 5.76 Å². The number of amides is 1. The van der Waals surface area contributed by atoms with Crippen LogP contribution < -0.4 is 4.90 Å². The zero-order chi connectivity index (χ0) is 19.7. The third-order valence-electron chi connectivity index (χ3n) is 4.56. The Balaban J connectivity index is 1.94. The largest absolute Gasteiger partial charge is 0.507 e. The van der Waals surface area contributed by atoms with E-state index in [0.29, 0.717) is 16.9 Å². The Morgan fingerprint density at radius 1 is 0.929 bits per heavy atom. The molecule has 0 spiro atoms. The third kappa shape index (κ3) is 2.95. The summed E-state index contributed by atoms with van der Waals surface area (Å²) in [6, 6.07) is 18.0. The van der Waals surface area contributed by atoms with Crippen molar-refractivity contribution in [3.63, 3.8) is 0 Å². The number of aliphatic hydroxyl groups is 1. The predicted octanol–water partition coefficient (Wildman–Crippen LogP) is 3.85. The van der Waals surface area contributed by atoms with Gasteiger partial charge in [-0.25, -0.2) is 4.39 Å². The monoisotopic (exact) mass is 374 g/mol. The van der Waals surface area contributed by atoms with Crippen molar-refractivity contribution < 1.29 is 19.1 Å². The highest BCUT2D eigenvalue weighted by Crippen LogP contribution is 2.41. The van der Waals surface area contributed by atoms with Crippen molar-refractivity contribution >= 4 is 23.1 Å². The van der Waals surface area contributed by atoms with E-state index in [1.54, 1.807) is 54.7 Å². The lowest BCUT2D eigenvalue weighted by Gasteiger charge is -2.24. The lowest BCUT2D eigenvalue weighted by atomic mass is 9.98. The van der Waals surface area contributed by atoms with Gasteiger partial charge in [0, 0.05) is 17.4 Å². The van der Waals surface area contributed by atoms with Crippen LogP contribution in [0.15, 0.2) is 84.6 Å². The van der Waals surface area contributed by atoms with Gasteiger partial charge in [-0.05, 0) is 36.4 Å². The summed E-state index contributed by atoms with van der Waals surface area (Å²) >= 11 is 0. The zero-order valence-corrected chi connectivity index (χ0v) is 14.6. The van der Waals surface area contributed by atoms with Crippen molar-refractivity contribution in [3.05, 3.63) is 102 Å². The normalized spacial score (nSPS) is 18.5. The first-order chi connectivity index (χ1) is 13.6. The molecule has 138 valence electrons.